The standard InChI is InChI=1S/C11H22Si.BrH/c1-8-12(9(2)3,10(4)5)11(6)7;/h1,9-11H,2-7H3;1H. The van der Waals surface area contributed by atoms with Crippen LogP contribution in [0.15, 0.2) is 0 Å². The van der Waals surface area contributed by atoms with Crippen LogP contribution in [-0.4, -0.2) is 8.07 Å². The molecule has 0 rings (SSSR count). The number of halogens is 1. The molecule has 0 amide bonds. The third-order valence-corrected chi connectivity index (χ3v) is 9.35. The molecule has 0 atom stereocenters. The lowest BCUT2D eigenvalue weighted by atomic mass is 10.5. The highest BCUT2D eigenvalue weighted by molar-refractivity contribution is 8.93. The number of terminal acetylenes is 1. The minimum absolute atomic E-state index is 0. The maximum atomic E-state index is 5.72. The van der Waals surface area contributed by atoms with E-state index in [1.54, 1.807) is 0 Å². The van der Waals surface area contributed by atoms with Crippen molar-refractivity contribution in [1.29, 1.82) is 0 Å². The minimum atomic E-state index is -1.47. The van der Waals surface area contributed by atoms with Gasteiger partial charge in [-0.15, -0.1) is 28.9 Å². The van der Waals surface area contributed by atoms with Crippen LogP contribution in [0.1, 0.15) is 41.5 Å². The quantitative estimate of drug-likeness (QED) is 0.522. The van der Waals surface area contributed by atoms with Gasteiger partial charge in [0.05, 0.1) is 0 Å². The van der Waals surface area contributed by atoms with Gasteiger partial charge < -0.3 is 0 Å². The van der Waals surface area contributed by atoms with Gasteiger partial charge >= 0.3 is 0 Å². The fourth-order valence-electron chi connectivity index (χ4n) is 2.50. The Kier molecular flexibility index (Phi) is 7.10. The Morgan fingerprint density at radius 1 is 0.846 bits per heavy atom. The lowest BCUT2D eigenvalue weighted by Gasteiger charge is -2.37. The lowest BCUT2D eigenvalue weighted by molar-refractivity contribution is 0.838. The zero-order chi connectivity index (χ0) is 9.94. The Morgan fingerprint density at radius 3 is 1.08 bits per heavy atom. The van der Waals surface area contributed by atoms with Gasteiger partial charge in [0.15, 0.2) is 0 Å². The zero-order valence-corrected chi connectivity index (χ0v) is 12.4. The molecule has 0 unspecified atom stereocenters. The van der Waals surface area contributed by atoms with Crippen LogP contribution in [0.4, 0.5) is 0 Å². The van der Waals surface area contributed by atoms with E-state index in [-0.39, 0.29) is 17.0 Å². The topological polar surface area (TPSA) is 0 Å². The molecule has 78 valence electrons. The third-order valence-electron chi connectivity index (χ3n) is 3.12. The van der Waals surface area contributed by atoms with Crippen molar-refractivity contribution < 1.29 is 0 Å². The van der Waals surface area contributed by atoms with Crippen LogP contribution in [0.2, 0.25) is 16.6 Å². The molecule has 0 aliphatic carbocycles. The molecule has 0 spiro atoms. The summed E-state index contributed by atoms with van der Waals surface area (Å²) in [5.74, 6) is 0. The van der Waals surface area contributed by atoms with E-state index in [4.69, 9.17) is 6.42 Å². The first-order chi connectivity index (χ1) is 5.39. The molecule has 0 heterocycles. The normalized spacial score (nSPS) is 11.7. The van der Waals surface area contributed by atoms with Gasteiger partial charge in [0, 0.05) is 0 Å². The summed E-state index contributed by atoms with van der Waals surface area (Å²) in [7, 11) is -1.47. The summed E-state index contributed by atoms with van der Waals surface area (Å²) in [5.41, 5.74) is 5.24. The van der Waals surface area contributed by atoms with E-state index in [0.717, 1.165) is 0 Å². The van der Waals surface area contributed by atoms with Gasteiger partial charge in [-0.3, -0.25) is 0 Å². The summed E-state index contributed by atoms with van der Waals surface area (Å²) < 4.78 is 0. The molecular formula is C11H23BrSi. The number of hydrogen-bond donors (Lipinski definition) is 0. The molecular weight excluding hydrogens is 240 g/mol. The molecule has 0 saturated heterocycles. The van der Waals surface area contributed by atoms with Crippen molar-refractivity contribution in [2.24, 2.45) is 0 Å². The van der Waals surface area contributed by atoms with E-state index in [1.807, 2.05) is 0 Å². The van der Waals surface area contributed by atoms with Crippen LogP contribution >= 0.6 is 17.0 Å². The second kappa shape index (κ2) is 5.88. The molecule has 0 radical (unpaired) electrons. The molecule has 0 aliphatic rings. The van der Waals surface area contributed by atoms with E-state index in [1.165, 1.54) is 0 Å². The Labute approximate surface area is 95.3 Å². The fourth-order valence-corrected chi connectivity index (χ4v) is 7.50. The average molecular weight is 263 g/mol. The van der Waals surface area contributed by atoms with Gasteiger partial charge in [0.1, 0.15) is 8.07 Å². The first kappa shape index (κ1) is 15.7. The monoisotopic (exact) mass is 262 g/mol. The Bertz CT molecular complexity index is 155. The van der Waals surface area contributed by atoms with Crippen molar-refractivity contribution in [3.8, 4) is 12.0 Å². The van der Waals surface area contributed by atoms with Crippen LogP contribution in [0, 0.1) is 12.0 Å². The fraction of sp³-hybridized carbons (Fsp3) is 0.818. The van der Waals surface area contributed by atoms with Crippen molar-refractivity contribution in [2.75, 3.05) is 0 Å². The molecule has 2 heteroatoms. The van der Waals surface area contributed by atoms with Crippen LogP contribution in [0.25, 0.3) is 0 Å². The SMILES string of the molecule is Br.C#C[Si](C(C)C)(C(C)C)C(C)C. The molecule has 0 aliphatic heterocycles. The minimum Gasteiger partial charge on any atom is -0.134 e. The smallest absolute Gasteiger partial charge is 0.134 e. The highest BCUT2D eigenvalue weighted by Crippen LogP contribution is 2.40. The van der Waals surface area contributed by atoms with E-state index >= 15 is 0 Å². The number of rotatable bonds is 3. The van der Waals surface area contributed by atoms with Gasteiger partial charge in [-0.05, 0) is 16.6 Å². The van der Waals surface area contributed by atoms with Gasteiger partial charge in [-0.25, -0.2) is 0 Å². The van der Waals surface area contributed by atoms with E-state index in [0.29, 0.717) is 16.6 Å². The Balaban J connectivity index is 0. The summed E-state index contributed by atoms with van der Waals surface area (Å²) in [6.07, 6.45) is 5.72. The molecule has 13 heavy (non-hydrogen) atoms. The highest BCUT2D eigenvalue weighted by atomic mass is 79.9. The predicted molar refractivity (Wildman–Crippen MR) is 70.2 cm³/mol. The first-order valence-electron chi connectivity index (χ1n) is 4.87. The average Bonchev–Trinajstić information content (AvgIpc) is 1.86. The van der Waals surface area contributed by atoms with Crippen molar-refractivity contribution in [3.05, 3.63) is 0 Å². The Morgan fingerprint density at radius 2 is 1.08 bits per heavy atom. The number of hydrogen-bond acceptors (Lipinski definition) is 0. The van der Waals surface area contributed by atoms with Crippen LogP contribution in [0.3, 0.4) is 0 Å². The molecule has 0 bridgehead atoms. The predicted octanol–water partition coefficient (Wildman–Crippen LogP) is 4.42. The molecule has 0 aromatic heterocycles. The molecule has 0 N–H and O–H groups in total. The molecule has 0 fully saturated rings. The first-order valence-corrected chi connectivity index (χ1v) is 7.10. The van der Waals surface area contributed by atoms with Crippen molar-refractivity contribution in [1.82, 2.24) is 0 Å². The maximum absolute atomic E-state index is 5.72. The van der Waals surface area contributed by atoms with Gasteiger partial charge in [0.2, 0.25) is 0 Å². The van der Waals surface area contributed by atoms with Crippen molar-refractivity contribution in [2.45, 2.75) is 58.2 Å². The molecule has 0 aromatic rings. The maximum Gasteiger partial charge on any atom is 0.145 e. The molecule has 0 saturated carbocycles. The van der Waals surface area contributed by atoms with E-state index in [2.05, 4.69) is 47.1 Å². The van der Waals surface area contributed by atoms with Gasteiger partial charge in [-0.2, -0.15) is 0 Å². The van der Waals surface area contributed by atoms with E-state index < -0.39 is 8.07 Å². The summed E-state index contributed by atoms with van der Waals surface area (Å²) >= 11 is 0. The van der Waals surface area contributed by atoms with Crippen LogP contribution in [-0.2, 0) is 0 Å². The van der Waals surface area contributed by atoms with Crippen molar-refractivity contribution in [3.63, 3.8) is 0 Å². The summed E-state index contributed by atoms with van der Waals surface area (Å²) in [6, 6.07) is 0. The zero-order valence-electron chi connectivity index (χ0n) is 9.72. The highest BCUT2D eigenvalue weighted by Gasteiger charge is 2.41. The Hall–Kier alpha value is 0.257. The van der Waals surface area contributed by atoms with Crippen LogP contribution in [0.5, 0.6) is 0 Å². The van der Waals surface area contributed by atoms with Gasteiger partial charge in [0.25, 0.3) is 0 Å². The van der Waals surface area contributed by atoms with E-state index in [9.17, 15) is 0 Å². The second-order valence-corrected chi connectivity index (χ2v) is 10.2. The summed E-state index contributed by atoms with van der Waals surface area (Å²) in [4.78, 5) is 0. The summed E-state index contributed by atoms with van der Waals surface area (Å²) in [5, 5.41) is 0. The van der Waals surface area contributed by atoms with Gasteiger partial charge in [-0.1, -0.05) is 41.5 Å². The third kappa shape index (κ3) is 2.85. The summed E-state index contributed by atoms with van der Waals surface area (Å²) in [6.45, 7) is 13.7. The molecule has 0 aromatic carbocycles. The largest absolute Gasteiger partial charge is 0.145 e. The van der Waals surface area contributed by atoms with Crippen molar-refractivity contribution >= 4 is 25.1 Å². The lowest BCUT2D eigenvalue weighted by Crippen LogP contribution is -2.43. The molecule has 0 nitrogen and oxygen atoms in total. The van der Waals surface area contributed by atoms with Crippen LogP contribution < -0.4 is 0 Å². The second-order valence-electron chi connectivity index (χ2n) is 4.54.